The third-order valence-electron chi connectivity index (χ3n) is 2.24. The normalized spacial score (nSPS) is 12.7. The maximum atomic E-state index is 5.64. The molecule has 0 saturated heterocycles. The molecule has 1 atom stereocenters. The van der Waals surface area contributed by atoms with Crippen LogP contribution in [0.4, 0.5) is 0 Å². The fourth-order valence-electron chi connectivity index (χ4n) is 1.53. The monoisotopic (exact) mass is 236 g/mol. The molecule has 0 saturated carbocycles. The van der Waals surface area contributed by atoms with Crippen LogP contribution >= 0.6 is 0 Å². The van der Waals surface area contributed by atoms with Gasteiger partial charge in [0.1, 0.15) is 0 Å². The highest BCUT2D eigenvalue weighted by Gasteiger charge is 2.08. The van der Waals surface area contributed by atoms with Crippen molar-refractivity contribution in [2.45, 2.75) is 27.1 Å². The summed E-state index contributed by atoms with van der Waals surface area (Å²) in [7, 11) is 1.63. The Labute approximate surface area is 103 Å². The molecule has 1 rings (SSSR count). The van der Waals surface area contributed by atoms with E-state index in [4.69, 9.17) is 14.2 Å². The molecule has 0 aliphatic carbocycles. The minimum atomic E-state index is -0.276. The Morgan fingerprint density at radius 3 is 2.65 bits per heavy atom. The Bertz CT molecular complexity index is 372. The van der Waals surface area contributed by atoms with Crippen LogP contribution in [-0.2, 0) is 4.74 Å². The van der Waals surface area contributed by atoms with Crippen LogP contribution in [0.15, 0.2) is 24.3 Å². The van der Waals surface area contributed by atoms with E-state index in [9.17, 15) is 0 Å². The van der Waals surface area contributed by atoms with Gasteiger partial charge in [-0.1, -0.05) is 18.2 Å². The minimum Gasteiger partial charge on any atom is -0.493 e. The zero-order valence-corrected chi connectivity index (χ0v) is 10.9. The molecule has 0 N–H and O–H groups in total. The average Bonchev–Trinajstić information content (AvgIpc) is 2.31. The van der Waals surface area contributed by atoms with Crippen LogP contribution in [-0.4, -0.2) is 20.0 Å². The fraction of sp³-hybridized carbons (Fsp3) is 0.429. The Morgan fingerprint density at radius 1 is 1.29 bits per heavy atom. The molecule has 0 amide bonds. The Hall–Kier alpha value is -1.48. The molecule has 0 aliphatic heterocycles. The van der Waals surface area contributed by atoms with E-state index in [2.05, 4.69) is 0 Å². The Kier molecular flexibility index (Phi) is 5.57. The van der Waals surface area contributed by atoms with Crippen molar-refractivity contribution < 1.29 is 14.2 Å². The van der Waals surface area contributed by atoms with E-state index in [-0.39, 0.29) is 6.29 Å². The van der Waals surface area contributed by atoms with Crippen molar-refractivity contribution in [2.75, 3.05) is 13.7 Å². The highest BCUT2D eigenvalue weighted by molar-refractivity contribution is 5.55. The molecule has 1 aromatic carbocycles. The predicted octanol–water partition coefficient (Wildman–Crippen LogP) is 3.49. The lowest BCUT2D eigenvalue weighted by Gasteiger charge is -2.16. The molecule has 17 heavy (non-hydrogen) atoms. The molecule has 3 nitrogen and oxygen atoms in total. The van der Waals surface area contributed by atoms with E-state index >= 15 is 0 Å². The topological polar surface area (TPSA) is 27.7 Å². The zero-order valence-electron chi connectivity index (χ0n) is 10.9. The number of methoxy groups -OCH3 is 1. The number of allylic oxidation sites excluding steroid dienone is 1. The first-order chi connectivity index (χ1) is 8.21. The van der Waals surface area contributed by atoms with Crippen molar-refractivity contribution in [1.29, 1.82) is 0 Å². The number of benzene rings is 1. The van der Waals surface area contributed by atoms with E-state index in [0.29, 0.717) is 18.1 Å². The van der Waals surface area contributed by atoms with Crippen LogP contribution in [0, 0.1) is 0 Å². The second-order valence-electron chi connectivity index (χ2n) is 3.55. The van der Waals surface area contributed by atoms with Crippen molar-refractivity contribution >= 4 is 6.08 Å². The van der Waals surface area contributed by atoms with Gasteiger partial charge in [-0.25, -0.2) is 0 Å². The number of hydrogen-bond donors (Lipinski definition) is 0. The number of hydrogen-bond acceptors (Lipinski definition) is 3. The molecule has 0 heterocycles. The molecule has 1 aromatic rings. The van der Waals surface area contributed by atoms with Crippen LogP contribution in [0.25, 0.3) is 6.08 Å². The highest BCUT2D eigenvalue weighted by atomic mass is 16.7. The molecule has 0 aromatic heterocycles. The van der Waals surface area contributed by atoms with Gasteiger partial charge < -0.3 is 14.2 Å². The maximum absolute atomic E-state index is 5.64. The summed E-state index contributed by atoms with van der Waals surface area (Å²) >= 11 is 0. The maximum Gasteiger partial charge on any atom is 0.197 e. The van der Waals surface area contributed by atoms with Crippen molar-refractivity contribution in [2.24, 2.45) is 0 Å². The third-order valence-corrected chi connectivity index (χ3v) is 2.24. The van der Waals surface area contributed by atoms with Crippen LogP contribution in [0.3, 0.4) is 0 Å². The van der Waals surface area contributed by atoms with Crippen LogP contribution in [0.1, 0.15) is 26.3 Å². The van der Waals surface area contributed by atoms with E-state index in [1.54, 1.807) is 7.11 Å². The van der Waals surface area contributed by atoms with Crippen molar-refractivity contribution in [3.05, 3.63) is 29.8 Å². The number of ether oxygens (including phenoxy) is 3. The van der Waals surface area contributed by atoms with Crippen LogP contribution < -0.4 is 9.47 Å². The summed E-state index contributed by atoms with van der Waals surface area (Å²) in [6.45, 7) is 6.41. The van der Waals surface area contributed by atoms with E-state index in [0.717, 1.165) is 5.56 Å². The van der Waals surface area contributed by atoms with E-state index in [1.807, 2.05) is 51.1 Å². The van der Waals surface area contributed by atoms with Gasteiger partial charge in [0, 0.05) is 6.61 Å². The molecular formula is C14H20O3. The first-order valence-corrected chi connectivity index (χ1v) is 5.80. The van der Waals surface area contributed by atoms with Crippen LogP contribution in [0.2, 0.25) is 0 Å². The van der Waals surface area contributed by atoms with E-state index in [1.165, 1.54) is 0 Å². The van der Waals surface area contributed by atoms with Crippen LogP contribution in [0.5, 0.6) is 11.5 Å². The van der Waals surface area contributed by atoms with Crippen molar-refractivity contribution in [3.63, 3.8) is 0 Å². The molecule has 0 spiro atoms. The molecule has 0 radical (unpaired) electrons. The average molecular weight is 236 g/mol. The summed E-state index contributed by atoms with van der Waals surface area (Å²) in [6, 6.07) is 5.81. The lowest BCUT2D eigenvalue weighted by Crippen LogP contribution is -2.16. The first-order valence-electron chi connectivity index (χ1n) is 5.80. The van der Waals surface area contributed by atoms with Gasteiger partial charge in [-0.15, -0.1) is 0 Å². The fourth-order valence-corrected chi connectivity index (χ4v) is 1.53. The lowest BCUT2D eigenvalue weighted by atomic mass is 10.2. The summed E-state index contributed by atoms with van der Waals surface area (Å²) in [5.41, 5.74) is 1.08. The predicted molar refractivity (Wildman–Crippen MR) is 69.4 cm³/mol. The number of rotatable bonds is 6. The first kappa shape index (κ1) is 13.6. The smallest absolute Gasteiger partial charge is 0.197 e. The van der Waals surface area contributed by atoms with Gasteiger partial charge in [0.2, 0.25) is 0 Å². The minimum absolute atomic E-state index is 0.276. The highest BCUT2D eigenvalue weighted by Crippen LogP contribution is 2.29. The molecule has 0 bridgehead atoms. The van der Waals surface area contributed by atoms with Crippen molar-refractivity contribution in [3.8, 4) is 11.5 Å². The quantitative estimate of drug-likeness (QED) is 0.708. The Morgan fingerprint density at radius 2 is 2.06 bits per heavy atom. The van der Waals surface area contributed by atoms with Gasteiger partial charge in [0.25, 0.3) is 0 Å². The molecule has 1 unspecified atom stereocenters. The third kappa shape index (κ3) is 4.11. The molecule has 0 aliphatic rings. The SMILES string of the molecule is CC=Cc1ccc(OC(C)OCC)c(OC)c1. The van der Waals surface area contributed by atoms with E-state index < -0.39 is 0 Å². The van der Waals surface area contributed by atoms with Gasteiger partial charge in [0.15, 0.2) is 17.8 Å². The molecule has 3 heteroatoms. The van der Waals surface area contributed by atoms with Gasteiger partial charge in [-0.2, -0.15) is 0 Å². The summed E-state index contributed by atoms with van der Waals surface area (Å²) in [5, 5.41) is 0. The van der Waals surface area contributed by atoms with Crippen molar-refractivity contribution in [1.82, 2.24) is 0 Å². The summed E-state index contributed by atoms with van der Waals surface area (Å²) in [6.07, 6.45) is 3.72. The van der Waals surface area contributed by atoms with Gasteiger partial charge in [-0.3, -0.25) is 0 Å². The zero-order chi connectivity index (χ0) is 12.7. The lowest BCUT2D eigenvalue weighted by molar-refractivity contribution is -0.0623. The largest absolute Gasteiger partial charge is 0.493 e. The summed E-state index contributed by atoms with van der Waals surface area (Å²) < 4.78 is 16.3. The molecular weight excluding hydrogens is 216 g/mol. The summed E-state index contributed by atoms with van der Waals surface area (Å²) in [4.78, 5) is 0. The molecule has 0 fully saturated rings. The molecule has 94 valence electrons. The van der Waals surface area contributed by atoms with Gasteiger partial charge in [-0.05, 0) is 38.5 Å². The second kappa shape index (κ2) is 6.97. The standard InChI is InChI=1S/C14H20O3/c1-5-7-12-8-9-13(14(10-12)15-4)17-11(3)16-6-2/h5,7-11H,6H2,1-4H3. The van der Waals surface area contributed by atoms with Gasteiger partial charge in [0.05, 0.1) is 7.11 Å². The second-order valence-corrected chi connectivity index (χ2v) is 3.55. The Balaban J connectivity index is 2.84. The summed E-state index contributed by atoms with van der Waals surface area (Å²) in [5.74, 6) is 1.41. The van der Waals surface area contributed by atoms with Gasteiger partial charge >= 0.3 is 0 Å².